The number of anilines is 1. The molecule has 0 saturated carbocycles. The minimum Gasteiger partial charge on any atom is -0.755 e. The standard InChI is InChI=1S/C21H31N3O5S/c1-21(2,3)29-20(26)23-12-10-14(11-13-23)24(30(27)28)18-9-8-17(19(22)25)15-6-4-5-7-16(15)18/h8-9,14H,4-7,10-13H2,1-3H3,(H2,22,25)(H,27,28)/p-1. The highest BCUT2D eigenvalue weighted by molar-refractivity contribution is 7.80. The van der Waals surface area contributed by atoms with Gasteiger partial charge in [0.1, 0.15) is 5.60 Å². The molecule has 1 saturated heterocycles. The zero-order valence-electron chi connectivity index (χ0n) is 17.8. The largest absolute Gasteiger partial charge is 0.755 e. The number of likely N-dealkylation sites (tertiary alicyclic amines) is 1. The molecule has 0 radical (unpaired) electrons. The van der Waals surface area contributed by atoms with E-state index in [0.717, 1.165) is 36.8 Å². The summed E-state index contributed by atoms with van der Waals surface area (Å²) in [6.07, 6.45) is 3.98. The number of nitrogens with two attached hydrogens (primary N) is 1. The van der Waals surface area contributed by atoms with E-state index in [2.05, 4.69) is 0 Å². The number of hydrogen-bond acceptors (Lipinski definition) is 5. The SMILES string of the molecule is CC(C)(C)OC(=O)N1CCC(N(c2ccc(C(N)=O)c3c2CCCC3)S(=O)[O-])CC1. The van der Waals surface area contributed by atoms with Crippen molar-refractivity contribution in [3.8, 4) is 0 Å². The molecule has 0 bridgehead atoms. The number of amides is 2. The molecule has 9 heteroatoms. The van der Waals surface area contributed by atoms with Crippen molar-refractivity contribution in [1.82, 2.24) is 4.90 Å². The molecule has 1 atom stereocenters. The number of carbonyl (C=O) groups excluding carboxylic acids is 2. The molecule has 1 unspecified atom stereocenters. The normalized spacial score (nSPS) is 18.5. The molecule has 1 fully saturated rings. The second kappa shape index (κ2) is 8.93. The molecule has 1 heterocycles. The van der Waals surface area contributed by atoms with Crippen LogP contribution in [0.25, 0.3) is 0 Å². The highest BCUT2D eigenvalue weighted by Gasteiger charge is 2.32. The van der Waals surface area contributed by atoms with Crippen LogP contribution in [0, 0.1) is 0 Å². The minimum absolute atomic E-state index is 0.257. The Hall–Kier alpha value is -2.13. The predicted octanol–water partition coefficient (Wildman–Crippen LogP) is 2.66. The molecule has 2 amide bonds. The summed E-state index contributed by atoms with van der Waals surface area (Å²) >= 11 is -2.47. The van der Waals surface area contributed by atoms with Crippen LogP contribution in [0.15, 0.2) is 12.1 Å². The van der Waals surface area contributed by atoms with Crippen molar-refractivity contribution in [1.29, 1.82) is 0 Å². The van der Waals surface area contributed by atoms with Gasteiger partial charge in [0.25, 0.3) is 0 Å². The zero-order chi connectivity index (χ0) is 22.1. The number of primary amides is 1. The molecule has 0 aromatic heterocycles. The third-order valence-corrected chi connectivity index (χ3v) is 6.44. The van der Waals surface area contributed by atoms with Crippen LogP contribution in [-0.4, -0.2) is 50.4 Å². The third-order valence-electron chi connectivity index (χ3n) is 5.62. The Balaban J connectivity index is 1.82. The lowest BCUT2D eigenvalue weighted by Crippen LogP contribution is -2.48. The van der Waals surface area contributed by atoms with Crippen molar-refractivity contribution in [2.24, 2.45) is 5.73 Å². The molecule has 2 aliphatic rings. The maximum Gasteiger partial charge on any atom is 0.410 e. The summed E-state index contributed by atoms with van der Waals surface area (Å²) in [4.78, 5) is 25.8. The van der Waals surface area contributed by atoms with E-state index in [1.807, 2.05) is 20.8 Å². The number of ether oxygens (including phenoxy) is 1. The van der Waals surface area contributed by atoms with E-state index < -0.39 is 22.8 Å². The van der Waals surface area contributed by atoms with Crippen LogP contribution in [0.5, 0.6) is 0 Å². The molecule has 1 aliphatic carbocycles. The lowest BCUT2D eigenvalue weighted by atomic mass is 9.86. The first kappa shape index (κ1) is 22.6. The molecule has 1 aromatic rings. The first-order chi connectivity index (χ1) is 14.1. The Morgan fingerprint density at radius 2 is 1.77 bits per heavy atom. The van der Waals surface area contributed by atoms with Crippen molar-refractivity contribution in [3.05, 3.63) is 28.8 Å². The minimum atomic E-state index is -2.47. The molecule has 1 aliphatic heterocycles. The molecule has 30 heavy (non-hydrogen) atoms. The molecule has 1 aromatic carbocycles. The van der Waals surface area contributed by atoms with Crippen LogP contribution in [0.4, 0.5) is 10.5 Å². The molecule has 2 N–H and O–H groups in total. The van der Waals surface area contributed by atoms with Gasteiger partial charge >= 0.3 is 6.09 Å². The van der Waals surface area contributed by atoms with Gasteiger partial charge in [-0.05, 0) is 82.6 Å². The third kappa shape index (κ3) is 4.95. The summed E-state index contributed by atoms with van der Waals surface area (Å²) in [5, 5.41) is 0. The van der Waals surface area contributed by atoms with Gasteiger partial charge < -0.3 is 19.9 Å². The fourth-order valence-electron chi connectivity index (χ4n) is 4.29. The van der Waals surface area contributed by atoms with Crippen LogP contribution in [-0.2, 0) is 28.8 Å². The first-order valence-electron chi connectivity index (χ1n) is 10.4. The number of nitrogens with zero attached hydrogens (tertiary/aromatic N) is 2. The van der Waals surface area contributed by atoms with Crippen LogP contribution in [0.3, 0.4) is 0 Å². The lowest BCUT2D eigenvalue weighted by molar-refractivity contribution is 0.0207. The van der Waals surface area contributed by atoms with Gasteiger partial charge in [0.2, 0.25) is 5.91 Å². The maximum absolute atomic E-state index is 12.3. The summed E-state index contributed by atoms with van der Waals surface area (Å²) in [5.74, 6) is -0.486. The van der Waals surface area contributed by atoms with Gasteiger partial charge in [0.15, 0.2) is 0 Å². The Morgan fingerprint density at radius 1 is 1.17 bits per heavy atom. The second-order valence-corrected chi connectivity index (χ2v) is 9.73. The number of hydrogen-bond donors (Lipinski definition) is 1. The van der Waals surface area contributed by atoms with E-state index >= 15 is 0 Å². The van der Waals surface area contributed by atoms with Crippen LogP contribution >= 0.6 is 0 Å². The molecular formula is C21H30N3O5S-. The quantitative estimate of drug-likeness (QED) is 0.729. The van der Waals surface area contributed by atoms with Gasteiger partial charge in [-0.25, -0.2) is 4.79 Å². The maximum atomic E-state index is 12.3. The predicted molar refractivity (Wildman–Crippen MR) is 114 cm³/mol. The monoisotopic (exact) mass is 436 g/mol. The van der Waals surface area contributed by atoms with Gasteiger partial charge in [0.05, 0.1) is 5.69 Å². The summed E-state index contributed by atoms with van der Waals surface area (Å²) in [7, 11) is 0. The highest BCUT2D eigenvalue weighted by atomic mass is 32.2. The number of benzene rings is 1. The van der Waals surface area contributed by atoms with E-state index in [4.69, 9.17) is 10.5 Å². The van der Waals surface area contributed by atoms with Crippen molar-refractivity contribution in [2.75, 3.05) is 17.4 Å². The van der Waals surface area contributed by atoms with E-state index in [1.54, 1.807) is 17.0 Å². The van der Waals surface area contributed by atoms with Crippen LogP contribution in [0.1, 0.15) is 67.9 Å². The Morgan fingerprint density at radius 3 is 2.30 bits per heavy atom. The van der Waals surface area contributed by atoms with E-state index in [1.165, 1.54) is 4.31 Å². The van der Waals surface area contributed by atoms with Crippen LogP contribution in [0.2, 0.25) is 0 Å². The summed E-state index contributed by atoms with van der Waals surface area (Å²) in [6, 6.07) is 3.07. The Bertz CT molecular complexity index is 844. The van der Waals surface area contributed by atoms with E-state index in [9.17, 15) is 18.4 Å². The average molecular weight is 437 g/mol. The second-order valence-electron chi connectivity index (χ2n) is 8.90. The lowest BCUT2D eigenvalue weighted by Gasteiger charge is -2.41. The summed E-state index contributed by atoms with van der Waals surface area (Å²) in [6.45, 7) is 6.31. The molecular weight excluding hydrogens is 406 g/mol. The zero-order valence-corrected chi connectivity index (χ0v) is 18.6. The van der Waals surface area contributed by atoms with Gasteiger partial charge in [-0.3, -0.25) is 13.3 Å². The van der Waals surface area contributed by atoms with Gasteiger partial charge in [-0.2, -0.15) is 0 Å². The average Bonchev–Trinajstić information content (AvgIpc) is 2.67. The van der Waals surface area contributed by atoms with Gasteiger partial charge in [0, 0.05) is 36.0 Å². The van der Waals surface area contributed by atoms with Crippen molar-refractivity contribution in [2.45, 2.75) is 70.9 Å². The topological polar surface area (TPSA) is 116 Å². The molecule has 0 spiro atoms. The first-order valence-corrected chi connectivity index (χ1v) is 11.4. The summed E-state index contributed by atoms with van der Waals surface area (Å²) in [5.41, 5.74) is 7.83. The smallest absolute Gasteiger partial charge is 0.410 e. The van der Waals surface area contributed by atoms with Crippen molar-refractivity contribution in [3.63, 3.8) is 0 Å². The molecule has 166 valence electrons. The number of fused-ring (bicyclic) bond motifs is 1. The summed E-state index contributed by atoms with van der Waals surface area (Å²) < 4.78 is 31.3. The number of piperidine rings is 1. The molecule has 8 nitrogen and oxygen atoms in total. The number of rotatable bonds is 4. The number of carbonyl (C=O) groups is 2. The van der Waals surface area contributed by atoms with Gasteiger partial charge in [-0.15, -0.1) is 0 Å². The fourth-order valence-corrected chi connectivity index (χ4v) is 5.08. The van der Waals surface area contributed by atoms with E-state index in [0.29, 0.717) is 37.2 Å². The van der Waals surface area contributed by atoms with E-state index in [-0.39, 0.29) is 12.1 Å². The van der Waals surface area contributed by atoms with Crippen molar-refractivity contribution < 1.29 is 23.1 Å². The molecule has 3 rings (SSSR count). The fraction of sp³-hybridized carbons (Fsp3) is 0.619. The van der Waals surface area contributed by atoms with Crippen LogP contribution < -0.4 is 10.0 Å². The Kier molecular flexibility index (Phi) is 6.71. The Labute approximate surface area is 180 Å². The van der Waals surface area contributed by atoms with Gasteiger partial charge in [-0.1, -0.05) is 0 Å². The van der Waals surface area contributed by atoms with Crippen molar-refractivity contribution >= 4 is 29.0 Å². The highest BCUT2D eigenvalue weighted by Crippen LogP contribution is 2.36.